The standard InChI is InChI=1S/C23H27ClN4O5S2/c1-3-33-22(29)20-19(26(2)23(30)25-21(20)16-8-13-34-15-16)14-27-9-11-28(12-10-27)35(31,32)18-6-4-17(24)5-7-18/h4-8,13,15,21H,3,9-12,14H2,1-2H3,(H,25,30)/t21-/m0/s1. The summed E-state index contributed by atoms with van der Waals surface area (Å²) in [6.07, 6.45) is 0. The van der Waals surface area contributed by atoms with Crippen molar-refractivity contribution in [3.63, 3.8) is 0 Å². The van der Waals surface area contributed by atoms with Crippen molar-refractivity contribution >= 4 is 45.0 Å². The zero-order chi connectivity index (χ0) is 25.2. The number of amides is 2. The Balaban J connectivity index is 1.55. The number of thiophene rings is 1. The van der Waals surface area contributed by atoms with Gasteiger partial charge >= 0.3 is 12.0 Å². The minimum Gasteiger partial charge on any atom is -0.463 e. The van der Waals surface area contributed by atoms with Crippen molar-refractivity contribution in [2.24, 2.45) is 0 Å². The minimum absolute atomic E-state index is 0.199. The summed E-state index contributed by atoms with van der Waals surface area (Å²) in [6.45, 7) is 3.74. The third-order valence-electron chi connectivity index (χ3n) is 6.10. The zero-order valence-corrected chi connectivity index (χ0v) is 21.8. The van der Waals surface area contributed by atoms with Gasteiger partial charge in [0, 0.05) is 50.5 Å². The molecule has 1 atom stereocenters. The molecule has 2 aliphatic rings. The molecule has 4 rings (SSSR count). The van der Waals surface area contributed by atoms with E-state index in [1.54, 1.807) is 26.1 Å². The molecular weight excluding hydrogens is 512 g/mol. The van der Waals surface area contributed by atoms with Crippen LogP contribution in [0, 0.1) is 0 Å². The molecule has 188 valence electrons. The summed E-state index contributed by atoms with van der Waals surface area (Å²) >= 11 is 7.37. The Hall–Kier alpha value is -2.44. The van der Waals surface area contributed by atoms with Crippen LogP contribution in [0.15, 0.2) is 57.3 Å². The van der Waals surface area contributed by atoms with Gasteiger partial charge in [0.05, 0.1) is 23.1 Å². The van der Waals surface area contributed by atoms with Crippen LogP contribution >= 0.6 is 22.9 Å². The summed E-state index contributed by atoms with van der Waals surface area (Å²) in [6, 6.07) is 7.07. The number of halogens is 1. The van der Waals surface area contributed by atoms with Crippen molar-refractivity contribution in [2.45, 2.75) is 17.9 Å². The lowest BCUT2D eigenvalue weighted by molar-refractivity contribution is -0.139. The van der Waals surface area contributed by atoms with Crippen LogP contribution in [0.1, 0.15) is 18.5 Å². The van der Waals surface area contributed by atoms with Gasteiger partial charge < -0.3 is 10.1 Å². The zero-order valence-electron chi connectivity index (χ0n) is 19.4. The number of carbonyl (C=O) groups excluding carboxylic acids is 2. The van der Waals surface area contributed by atoms with E-state index in [9.17, 15) is 18.0 Å². The van der Waals surface area contributed by atoms with E-state index in [-0.39, 0.29) is 30.6 Å². The molecule has 1 aromatic heterocycles. The van der Waals surface area contributed by atoms with Crippen molar-refractivity contribution in [2.75, 3.05) is 46.4 Å². The van der Waals surface area contributed by atoms with Gasteiger partial charge in [0.25, 0.3) is 0 Å². The highest BCUT2D eigenvalue weighted by molar-refractivity contribution is 7.89. The Labute approximate surface area is 214 Å². The maximum Gasteiger partial charge on any atom is 0.338 e. The molecule has 0 unspecified atom stereocenters. The molecule has 9 nitrogen and oxygen atoms in total. The van der Waals surface area contributed by atoms with Gasteiger partial charge in [-0.25, -0.2) is 18.0 Å². The second-order valence-corrected chi connectivity index (χ2v) is 11.4. The van der Waals surface area contributed by atoms with Crippen LogP contribution in [0.25, 0.3) is 0 Å². The number of rotatable bonds is 7. The normalized spacial score (nSPS) is 20.1. The van der Waals surface area contributed by atoms with Crippen LogP contribution in [-0.2, 0) is 19.6 Å². The van der Waals surface area contributed by atoms with Crippen LogP contribution in [0.4, 0.5) is 4.79 Å². The number of ether oxygens (including phenoxy) is 1. The Kier molecular flexibility index (Phi) is 7.82. The quantitative estimate of drug-likeness (QED) is 0.544. The molecule has 1 N–H and O–H groups in total. The smallest absolute Gasteiger partial charge is 0.338 e. The molecule has 0 spiro atoms. The third kappa shape index (κ3) is 5.39. The first-order valence-corrected chi connectivity index (χ1v) is 13.9. The fraction of sp³-hybridized carbons (Fsp3) is 0.391. The van der Waals surface area contributed by atoms with Gasteiger partial charge in [-0.1, -0.05) is 11.6 Å². The first-order valence-electron chi connectivity index (χ1n) is 11.2. The number of esters is 1. The molecule has 0 bridgehead atoms. The molecular formula is C23H27ClN4O5S2. The average Bonchev–Trinajstić information content (AvgIpc) is 3.37. The lowest BCUT2D eigenvalue weighted by Crippen LogP contribution is -2.52. The van der Waals surface area contributed by atoms with Gasteiger partial charge in [-0.15, -0.1) is 0 Å². The van der Waals surface area contributed by atoms with Crippen LogP contribution in [0.5, 0.6) is 0 Å². The lowest BCUT2D eigenvalue weighted by Gasteiger charge is -2.39. The predicted molar refractivity (Wildman–Crippen MR) is 134 cm³/mol. The van der Waals surface area contributed by atoms with Crippen molar-refractivity contribution in [1.29, 1.82) is 0 Å². The summed E-state index contributed by atoms with van der Waals surface area (Å²) in [5.74, 6) is -0.477. The molecule has 12 heteroatoms. The molecule has 3 heterocycles. The average molecular weight is 539 g/mol. The molecule has 0 aliphatic carbocycles. The van der Waals surface area contributed by atoms with E-state index in [0.717, 1.165) is 5.56 Å². The molecule has 1 aromatic carbocycles. The summed E-state index contributed by atoms with van der Waals surface area (Å²) in [4.78, 5) is 29.4. The maximum atomic E-state index is 13.0. The van der Waals surface area contributed by atoms with Crippen molar-refractivity contribution < 1.29 is 22.7 Å². The van der Waals surface area contributed by atoms with Crippen molar-refractivity contribution in [3.05, 3.63) is 62.9 Å². The molecule has 0 saturated carbocycles. The molecule has 0 radical (unpaired) electrons. The van der Waals surface area contributed by atoms with Gasteiger partial charge in [-0.05, 0) is 53.6 Å². The Morgan fingerprint density at radius 2 is 1.86 bits per heavy atom. The van der Waals surface area contributed by atoms with E-state index >= 15 is 0 Å². The number of sulfonamides is 1. The molecule has 35 heavy (non-hydrogen) atoms. The van der Waals surface area contributed by atoms with E-state index in [2.05, 4.69) is 5.32 Å². The number of nitrogens with zero attached hydrogens (tertiary/aromatic N) is 3. The Bertz CT molecular complexity index is 1210. The lowest BCUT2D eigenvalue weighted by atomic mass is 9.96. The van der Waals surface area contributed by atoms with Gasteiger partial charge in [-0.3, -0.25) is 9.80 Å². The number of nitrogens with one attached hydrogen (secondary N) is 1. The first-order chi connectivity index (χ1) is 16.7. The van der Waals surface area contributed by atoms with E-state index in [1.165, 1.54) is 32.7 Å². The van der Waals surface area contributed by atoms with E-state index in [4.69, 9.17) is 16.3 Å². The summed E-state index contributed by atoms with van der Waals surface area (Å²) in [5.41, 5.74) is 1.76. The highest BCUT2D eigenvalue weighted by Crippen LogP contribution is 2.32. The van der Waals surface area contributed by atoms with E-state index in [1.807, 2.05) is 21.7 Å². The molecule has 2 amide bonds. The topological polar surface area (TPSA) is 99.3 Å². The Morgan fingerprint density at radius 1 is 1.17 bits per heavy atom. The van der Waals surface area contributed by atoms with E-state index in [0.29, 0.717) is 35.9 Å². The molecule has 2 aromatic rings. The number of hydrogen-bond donors (Lipinski definition) is 1. The number of benzene rings is 1. The summed E-state index contributed by atoms with van der Waals surface area (Å²) in [7, 11) is -2.02. The second kappa shape index (κ2) is 10.7. The number of urea groups is 1. The van der Waals surface area contributed by atoms with Crippen LogP contribution in [0.3, 0.4) is 0 Å². The summed E-state index contributed by atoms with van der Waals surface area (Å²) in [5, 5.41) is 7.15. The maximum absolute atomic E-state index is 13.0. The highest BCUT2D eigenvalue weighted by atomic mass is 35.5. The fourth-order valence-corrected chi connectivity index (χ4v) is 6.42. The SMILES string of the molecule is CCOC(=O)C1=C(CN2CCN(S(=O)(=O)c3ccc(Cl)cc3)CC2)N(C)C(=O)N[C@H]1c1ccsc1. The van der Waals surface area contributed by atoms with Gasteiger partial charge in [0.1, 0.15) is 0 Å². The second-order valence-electron chi connectivity index (χ2n) is 8.21. The Morgan fingerprint density at radius 3 is 2.46 bits per heavy atom. The van der Waals surface area contributed by atoms with Gasteiger partial charge in [0.15, 0.2) is 0 Å². The number of carbonyl (C=O) groups is 2. The molecule has 1 saturated heterocycles. The monoisotopic (exact) mass is 538 g/mol. The minimum atomic E-state index is -3.64. The predicted octanol–water partition coefficient (Wildman–Crippen LogP) is 2.92. The van der Waals surface area contributed by atoms with E-state index < -0.39 is 22.0 Å². The van der Waals surface area contributed by atoms with Gasteiger partial charge in [-0.2, -0.15) is 15.6 Å². The summed E-state index contributed by atoms with van der Waals surface area (Å²) < 4.78 is 32.8. The van der Waals surface area contributed by atoms with Crippen molar-refractivity contribution in [1.82, 2.24) is 19.4 Å². The largest absolute Gasteiger partial charge is 0.463 e. The van der Waals surface area contributed by atoms with Crippen LogP contribution < -0.4 is 5.32 Å². The fourth-order valence-electron chi connectivity index (χ4n) is 4.18. The number of likely N-dealkylation sites (N-methyl/N-ethyl adjacent to an activating group) is 1. The third-order valence-corrected chi connectivity index (χ3v) is 8.97. The number of piperazine rings is 1. The molecule has 2 aliphatic heterocycles. The van der Waals surface area contributed by atoms with Crippen LogP contribution in [-0.4, -0.2) is 80.9 Å². The van der Waals surface area contributed by atoms with Crippen molar-refractivity contribution in [3.8, 4) is 0 Å². The number of hydrogen-bond acceptors (Lipinski definition) is 7. The van der Waals surface area contributed by atoms with Crippen LogP contribution in [0.2, 0.25) is 5.02 Å². The molecule has 1 fully saturated rings. The highest BCUT2D eigenvalue weighted by Gasteiger charge is 2.38. The first kappa shape index (κ1) is 25.6. The van der Waals surface area contributed by atoms with Gasteiger partial charge in [0.2, 0.25) is 10.0 Å².